The van der Waals surface area contributed by atoms with Crippen LogP contribution in [0.5, 0.6) is 0 Å². The summed E-state index contributed by atoms with van der Waals surface area (Å²) in [6.45, 7) is 1.43. The first-order valence-electron chi connectivity index (χ1n) is 8.79. The van der Waals surface area contributed by atoms with E-state index in [2.05, 4.69) is 28.2 Å². The van der Waals surface area contributed by atoms with Gasteiger partial charge in [-0.1, -0.05) is 12.1 Å². The van der Waals surface area contributed by atoms with E-state index >= 15 is 0 Å². The third-order valence-corrected chi connectivity index (χ3v) is 4.88. The van der Waals surface area contributed by atoms with Crippen LogP contribution in [0.15, 0.2) is 42.7 Å². The Morgan fingerprint density at radius 1 is 1.32 bits per heavy atom. The summed E-state index contributed by atoms with van der Waals surface area (Å²) in [7, 11) is 0. The molecule has 3 aromatic rings. The fourth-order valence-corrected chi connectivity index (χ4v) is 3.65. The molecular weight excluding hydrogens is 312 g/mol. The maximum absolute atomic E-state index is 13.0. The third kappa shape index (κ3) is 3.03. The molecule has 5 heteroatoms. The number of hydrogen-bond acceptors (Lipinski definition) is 3. The number of benzene rings is 1. The molecule has 25 heavy (non-hydrogen) atoms. The summed E-state index contributed by atoms with van der Waals surface area (Å²) in [4.78, 5) is 22.3. The van der Waals surface area contributed by atoms with Crippen molar-refractivity contribution in [3.8, 4) is 0 Å². The summed E-state index contributed by atoms with van der Waals surface area (Å²) < 4.78 is 0. The van der Waals surface area contributed by atoms with Gasteiger partial charge in [0.15, 0.2) is 0 Å². The van der Waals surface area contributed by atoms with Gasteiger partial charge in [0, 0.05) is 30.0 Å². The molecule has 3 heterocycles. The predicted octanol–water partition coefficient (Wildman–Crippen LogP) is 2.59. The molecule has 0 saturated heterocycles. The van der Waals surface area contributed by atoms with E-state index in [4.69, 9.17) is 5.73 Å². The van der Waals surface area contributed by atoms with Gasteiger partial charge < -0.3 is 15.6 Å². The first-order chi connectivity index (χ1) is 12.3. The van der Waals surface area contributed by atoms with Crippen molar-refractivity contribution in [2.45, 2.75) is 25.7 Å². The lowest BCUT2D eigenvalue weighted by Crippen LogP contribution is -2.36. The second kappa shape index (κ2) is 6.69. The fourth-order valence-electron chi connectivity index (χ4n) is 3.65. The molecule has 4 rings (SSSR count). The zero-order chi connectivity index (χ0) is 17.2. The summed E-state index contributed by atoms with van der Waals surface area (Å²) in [5, 5.41) is 1.02. The number of H-pyrrole nitrogens is 1. The van der Waals surface area contributed by atoms with Gasteiger partial charge >= 0.3 is 0 Å². The molecular formula is C20H22N4O. The number of nitrogens with one attached hydrogen (secondary N) is 1. The zero-order valence-electron chi connectivity index (χ0n) is 14.2. The number of carbonyl (C=O) groups excluding carboxylic acids is 1. The molecule has 0 saturated carbocycles. The van der Waals surface area contributed by atoms with Crippen LogP contribution in [0.1, 0.15) is 23.1 Å². The Morgan fingerprint density at radius 3 is 3.12 bits per heavy atom. The van der Waals surface area contributed by atoms with E-state index in [0.717, 1.165) is 48.1 Å². The lowest BCUT2D eigenvalue weighted by molar-refractivity contribution is -0.118. The molecule has 1 amide bonds. The summed E-state index contributed by atoms with van der Waals surface area (Å²) in [6.07, 6.45) is 6.93. The Balaban J connectivity index is 1.59. The second-order valence-corrected chi connectivity index (χ2v) is 6.54. The average Bonchev–Trinajstić information content (AvgIpc) is 3.04. The van der Waals surface area contributed by atoms with Gasteiger partial charge in [-0.2, -0.15) is 0 Å². The van der Waals surface area contributed by atoms with Crippen LogP contribution in [0, 0.1) is 0 Å². The monoisotopic (exact) mass is 334 g/mol. The number of amides is 1. The Kier molecular flexibility index (Phi) is 4.24. The van der Waals surface area contributed by atoms with Crippen molar-refractivity contribution in [2.75, 3.05) is 18.0 Å². The first-order valence-corrected chi connectivity index (χ1v) is 8.79. The number of pyridine rings is 1. The number of carbonyl (C=O) groups is 1. The van der Waals surface area contributed by atoms with Gasteiger partial charge in [0.25, 0.3) is 0 Å². The number of rotatable bonds is 4. The van der Waals surface area contributed by atoms with E-state index in [1.807, 2.05) is 23.2 Å². The third-order valence-electron chi connectivity index (χ3n) is 4.88. The maximum Gasteiger partial charge on any atom is 0.231 e. The fraction of sp³-hybridized carbons (Fsp3) is 0.300. The smallest absolute Gasteiger partial charge is 0.231 e. The summed E-state index contributed by atoms with van der Waals surface area (Å²) >= 11 is 0. The van der Waals surface area contributed by atoms with Crippen LogP contribution in [0.4, 0.5) is 5.69 Å². The van der Waals surface area contributed by atoms with Crippen molar-refractivity contribution in [1.82, 2.24) is 9.97 Å². The predicted molar refractivity (Wildman–Crippen MR) is 99.7 cm³/mol. The van der Waals surface area contributed by atoms with Crippen LogP contribution in [0.25, 0.3) is 11.0 Å². The number of aromatic nitrogens is 2. The number of fused-ring (bicyclic) bond motifs is 2. The highest BCUT2D eigenvalue weighted by molar-refractivity contribution is 5.98. The van der Waals surface area contributed by atoms with Crippen LogP contribution >= 0.6 is 0 Å². The molecule has 0 fully saturated rings. The van der Waals surface area contributed by atoms with Gasteiger partial charge in [-0.25, -0.2) is 4.98 Å². The van der Waals surface area contributed by atoms with E-state index in [9.17, 15) is 4.79 Å². The van der Waals surface area contributed by atoms with Gasteiger partial charge in [0.2, 0.25) is 5.91 Å². The van der Waals surface area contributed by atoms with Crippen LogP contribution in [0.2, 0.25) is 0 Å². The topological polar surface area (TPSA) is 75.0 Å². The number of aromatic amines is 1. The number of nitrogens with zero attached hydrogens (tertiary/aromatic N) is 2. The molecule has 0 atom stereocenters. The molecule has 3 N–H and O–H groups in total. The van der Waals surface area contributed by atoms with Gasteiger partial charge in [-0.05, 0) is 60.7 Å². The molecule has 5 nitrogen and oxygen atoms in total. The summed E-state index contributed by atoms with van der Waals surface area (Å²) in [5.74, 6) is 0.136. The molecule has 0 spiro atoms. The van der Waals surface area contributed by atoms with Crippen molar-refractivity contribution in [2.24, 2.45) is 5.73 Å². The van der Waals surface area contributed by atoms with E-state index < -0.39 is 0 Å². The highest BCUT2D eigenvalue weighted by Gasteiger charge is 2.23. The Hall–Kier alpha value is -2.66. The van der Waals surface area contributed by atoms with Crippen LogP contribution in [0.3, 0.4) is 0 Å². The average molecular weight is 334 g/mol. The van der Waals surface area contributed by atoms with Gasteiger partial charge in [-0.3, -0.25) is 4.79 Å². The minimum Gasteiger partial charge on any atom is -0.346 e. The Morgan fingerprint density at radius 2 is 2.24 bits per heavy atom. The molecule has 1 aromatic carbocycles. The molecule has 2 aromatic heterocycles. The Bertz CT molecular complexity index is 915. The number of nitrogens with two attached hydrogens (primary N) is 1. The van der Waals surface area contributed by atoms with E-state index in [-0.39, 0.29) is 5.91 Å². The highest BCUT2D eigenvalue weighted by atomic mass is 16.2. The quantitative estimate of drug-likeness (QED) is 0.770. The van der Waals surface area contributed by atoms with Crippen LogP contribution in [-0.2, 0) is 24.1 Å². The van der Waals surface area contributed by atoms with Crippen molar-refractivity contribution in [3.05, 3.63) is 59.4 Å². The normalized spacial score (nSPS) is 13.9. The molecule has 1 aliphatic heterocycles. The SMILES string of the molecule is NCCc1ccc2c(c1)CCCN2C(=O)Cc1c[nH]c2ncccc12. The van der Waals surface area contributed by atoms with Gasteiger partial charge in [0.05, 0.1) is 6.42 Å². The highest BCUT2D eigenvalue weighted by Crippen LogP contribution is 2.29. The standard InChI is InChI=1S/C20H22N4O/c21-8-7-14-5-6-18-15(11-14)3-2-10-24(18)19(25)12-16-13-23-20-17(16)4-1-9-22-20/h1,4-6,9,11,13H,2-3,7-8,10,12,21H2,(H,22,23). The van der Waals surface area contributed by atoms with E-state index in [1.165, 1.54) is 11.1 Å². The van der Waals surface area contributed by atoms with Gasteiger partial charge in [0.1, 0.15) is 5.65 Å². The molecule has 1 aliphatic rings. The lowest BCUT2D eigenvalue weighted by atomic mass is 9.97. The molecule has 0 radical (unpaired) electrons. The number of anilines is 1. The van der Waals surface area contributed by atoms with E-state index in [1.54, 1.807) is 6.20 Å². The maximum atomic E-state index is 13.0. The van der Waals surface area contributed by atoms with Gasteiger partial charge in [-0.15, -0.1) is 0 Å². The van der Waals surface area contributed by atoms with Crippen LogP contribution < -0.4 is 10.6 Å². The van der Waals surface area contributed by atoms with E-state index in [0.29, 0.717) is 13.0 Å². The zero-order valence-corrected chi connectivity index (χ0v) is 14.2. The van der Waals surface area contributed by atoms with Crippen molar-refractivity contribution < 1.29 is 4.79 Å². The summed E-state index contributed by atoms with van der Waals surface area (Å²) in [6, 6.07) is 10.3. The minimum atomic E-state index is 0.136. The number of hydrogen-bond donors (Lipinski definition) is 2. The summed E-state index contributed by atoms with van der Waals surface area (Å²) in [5.41, 5.74) is 11.0. The largest absolute Gasteiger partial charge is 0.346 e. The van der Waals surface area contributed by atoms with Crippen LogP contribution in [-0.4, -0.2) is 29.0 Å². The molecule has 0 bridgehead atoms. The van der Waals surface area contributed by atoms with Crippen molar-refractivity contribution in [1.29, 1.82) is 0 Å². The number of aryl methyl sites for hydroxylation is 1. The molecule has 0 aliphatic carbocycles. The Labute approximate surface area is 146 Å². The second-order valence-electron chi connectivity index (χ2n) is 6.54. The van der Waals surface area contributed by atoms with Crippen molar-refractivity contribution >= 4 is 22.6 Å². The minimum absolute atomic E-state index is 0.136. The van der Waals surface area contributed by atoms with Crippen molar-refractivity contribution in [3.63, 3.8) is 0 Å². The molecule has 128 valence electrons. The first kappa shape index (κ1) is 15.8. The molecule has 0 unspecified atom stereocenters. The lowest BCUT2D eigenvalue weighted by Gasteiger charge is -2.30.